The zero-order valence-corrected chi connectivity index (χ0v) is 19.8. The van der Waals surface area contributed by atoms with Gasteiger partial charge in [-0.05, 0) is 73.2 Å². The molecule has 4 aromatic rings. The highest BCUT2D eigenvalue weighted by molar-refractivity contribution is 7.92. The van der Waals surface area contributed by atoms with Crippen molar-refractivity contribution in [3.05, 3.63) is 95.7 Å². The van der Waals surface area contributed by atoms with Crippen molar-refractivity contribution in [3.8, 4) is 0 Å². The minimum Gasteiger partial charge on any atom is -0.358 e. The lowest BCUT2D eigenvalue weighted by molar-refractivity contribution is 0.0706. The van der Waals surface area contributed by atoms with Gasteiger partial charge in [0.25, 0.3) is 15.9 Å². The van der Waals surface area contributed by atoms with Crippen LogP contribution >= 0.6 is 0 Å². The molecule has 1 amide bonds. The maximum Gasteiger partial charge on any atom is 0.261 e. The molecule has 1 aromatic heterocycles. The normalized spacial score (nSPS) is 16.5. The molecular formula is C27H27N3O3S. The lowest BCUT2D eigenvalue weighted by Crippen LogP contribution is -2.39. The molecule has 1 saturated heterocycles. The van der Waals surface area contributed by atoms with Gasteiger partial charge in [0.15, 0.2) is 0 Å². The van der Waals surface area contributed by atoms with Gasteiger partial charge in [-0.25, -0.2) is 8.42 Å². The van der Waals surface area contributed by atoms with Gasteiger partial charge in [-0.3, -0.25) is 9.52 Å². The number of piperidine rings is 1. The Balaban J connectivity index is 1.30. The Kier molecular flexibility index (Phi) is 5.87. The van der Waals surface area contributed by atoms with Crippen LogP contribution in [-0.4, -0.2) is 37.3 Å². The number of hydrogen-bond acceptors (Lipinski definition) is 3. The number of para-hydroxylation sites is 2. The van der Waals surface area contributed by atoms with Crippen molar-refractivity contribution in [2.45, 2.75) is 30.6 Å². The number of rotatable bonds is 5. The van der Waals surface area contributed by atoms with Crippen molar-refractivity contribution in [3.63, 3.8) is 0 Å². The second-order valence-electron chi connectivity index (χ2n) is 8.85. The standard InChI is InChI=1S/C27H27N3O3S/c1-19-7-2-4-10-24(19)29-34(32,33)23-14-12-20(13-15-23)27(31)30-16-6-9-22(18-30)26-17-21-8-3-5-11-25(21)28-26/h2-5,7-8,10-15,17,22,28-29H,6,9,16,18H2,1H3/t22-/m0/s1. The number of carbonyl (C=O) groups is 1. The fourth-order valence-corrected chi connectivity index (χ4v) is 5.71. The van der Waals surface area contributed by atoms with Crippen LogP contribution in [0.5, 0.6) is 0 Å². The minimum absolute atomic E-state index is 0.0726. The van der Waals surface area contributed by atoms with Gasteiger partial charge in [-0.1, -0.05) is 36.4 Å². The molecule has 0 spiro atoms. The lowest BCUT2D eigenvalue weighted by atomic mass is 9.94. The van der Waals surface area contributed by atoms with E-state index < -0.39 is 10.0 Å². The van der Waals surface area contributed by atoms with Crippen LogP contribution in [0.15, 0.2) is 83.8 Å². The second kappa shape index (κ2) is 8.99. The van der Waals surface area contributed by atoms with Crippen molar-refractivity contribution in [2.24, 2.45) is 0 Å². The van der Waals surface area contributed by atoms with E-state index in [1.165, 1.54) is 17.5 Å². The summed E-state index contributed by atoms with van der Waals surface area (Å²) in [6.07, 6.45) is 1.96. The van der Waals surface area contributed by atoms with Gasteiger partial charge in [-0.2, -0.15) is 0 Å². The molecule has 0 radical (unpaired) electrons. The molecule has 1 atom stereocenters. The van der Waals surface area contributed by atoms with Crippen LogP contribution in [0.4, 0.5) is 5.69 Å². The third-order valence-electron chi connectivity index (χ3n) is 6.50. The molecule has 0 aliphatic carbocycles. The van der Waals surface area contributed by atoms with Gasteiger partial charge in [0.2, 0.25) is 0 Å². The Bertz CT molecular complexity index is 1410. The van der Waals surface area contributed by atoms with E-state index in [2.05, 4.69) is 27.9 Å². The molecule has 7 heteroatoms. The molecule has 34 heavy (non-hydrogen) atoms. The van der Waals surface area contributed by atoms with Crippen molar-refractivity contribution in [1.82, 2.24) is 9.88 Å². The van der Waals surface area contributed by atoms with E-state index in [9.17, 15) is 13.2 Å². The number of anilines is 1. The largest absolute Gasteiger partial charge is 0.358 e. The SMILES string of the molecule is Cc1ccccc1NS(=O)(=O)c1ccc(C(=O)N2CCC[C@H](c3cc4ccccc4[nH]3)C2)cc1. The average Bonchev–Trinajstić information content (AvgIpc) is 3.30. The molecule has 0 bridgehead atoms. The highest BCUT2D eigenvalue weighted by Gasteiger charge is 2.27. The molecule has 174 valence electrons. The van der Waals surface area contributed by atoms with E-state index in [0.29, 0.717) is 24.3 Å². The number of aromatic nitrogens is 1. The Morgan fingerprint density at radius 1 is 1.00 bits per heavy atom. The number of aromatic amines is 1. The molecule has 2 N–H and O–H groups in total. The molecule has 0 saturated carbocycles. The topological polar surface area (TPSA) is 82.3 Å². The molecule has 1 fully saturated rings. The maximum atomic E-state index is 13.2. The van der Waals surface area contributed by atoms with Crippen LogP contribution < -0.4 is 4.72 Å². The van der Waals surface area contributed by atoms with Crippen LogP contribution in [-0.2, 0) is 10.0 Å². The first-order valence-electron chi connectivity index (χ1n) is 11.5. The highest BCUT2D eigenvalue weighted by Crippen LogP contribution is 2.30. The van der Waals surface area contributed by atoms with E-state index in [0.717, 1.165) is 29.6 Å². The number of amides is 1. The third-order valence-corrected chi connectivity index (χ3v) is 7.88. The van der Waals surface area contributed by atoms with Crippen molar-refractivity contribution < 1.29 is 13.2 Å². The highest BCUT2D eigenvalue weighted by atomic mass is 32.2. The Morgan fingerprint density at radius 3 is 2.50 bits per heavy atom. The number of likely N-dealkylation sites (tertiary alicyclic amines) is 1. The fourth-order valence-electron chi connectivity index (χ4n) is 4.58. The van der Waals surface area contributed by atoms with Gasteiger partial charge in [-0.15, -0.1) is 0 Å². The number of fused-ring (bicyclic) bond motifs is 1. The zero-order chi connectivity index (χ0) is 23.7. The van der Waals surface area contributed by atoms with Gasteiger partial charge < -0.3 is 9.88 Å². The fraction of sp³-hybridized carbons (Fsp3) is 0.222. The summed E-state index contributed by atoms with van der Waals surface area (Å²) in [5, 5.41) is 1.18. The summed E-state index contributed by atoms with van der Waals surface area (Å²) in [6.45, 7) is 3.19. The second-order valence-corrected chi connectivity index (χ2v) is 10.5. The molecule has 2 heterocycles. The quantitative estimate of drug-likeness (QED) is 0.413. The average molecular weight is 474 g/mol. The number of hydrogen-bond donors (Lipinski definition) is 2. The molecule has 5 rings (SSSR count). The van der Waals surface area contributed by atoms with Crippen LogP contribution in [0, 0.1) is 6.92 Å². The van der Waals surface area contributed by atoms with E-state index in [4.69, 9.17) is 0 Å². The van der Waals surface area contributed by atoms with Gasteiger partial charge in [0.05, 0.1) is 10.6 Å². The van der Waals surface area contributed by atoms with Crippen molar-refractivity contribution in [1.29, 1.82) is 0 Å². The summed E-state index contributed by atoms with van der Waals surface area (Å²) in [4.78, 5) is 18.7. The summed E-state index contributed by atoms with van der Waals surface area (Å²) < 4.78 is 28.2. The molecular weight excluding hydrogens is 446 g/mol. The molecule has 1 aliphatic rings. The van der Waals surface area contributed by atoms with E-state index in [1.807, 2.05) is 36.1 Å². The van der Waals surface area contributed by atoms with E-state index in [-0.39, 0.29) is 16.7 Å². The third kappa shape index (κ3) is 4.43. The molecule has 0 unspecified atom stereocenters. The first-order valence-corrected chi connectivity index (χ1v) is 12.9. The number of nitrogens with zero attached hydrogens (tertiary/aromatic N) is 1. The van der Waals surface area contributed by atoms with E-state index >= 15 is 0 Å². The van der Waals surface area contributed by atoms with Crippen molar-refractivity contribution >= 4 is 32.5 Å². The van der Waals surface area contributed by atoms with Crippen LogP contribution in [0.1, 0.15) is 40.4 Å². The monoisotopic (exact) mass is 473 g/mol. The Morgan fingerprint density at radius 2 is 1.74 bits per heavy atom. The number of benzene rings is 3. The van der Waals surface area contributed by atoms with Crippen molar-refractivity contribution in [2.75, 3.05) is 17.8 Å². The number of nitrogens with one attached hydrogen (secondary N) is 2. The van der Waals surface area contributed by atoms with Gasteiger partial charge in [0, 0.05) is 35.8 Å². The smallest absolute Gasteiger partial charge is 0.261 e. The molecule has 3 aromatic carbocycles. The predicted octanol–water partition coefficient (Wildman–Crippen LogP) is 5.30. The Labute approximate surface area is 199 Å². The Hall–Kier alpha value is -3.58. The minimum atomic E-state index is -3.74. The number of carbonyl (C=O) groups excluding carboxylic acids is 1. The zero-order valence-electron chi connectivity index (χ0n) is 19.0. The van der Waals surface area contributed by atoms with Crippen LogP contribution in [0.2, 0.25) is 0 Å². The summed E-state index contributed by atoms with van der Waals surface area (Å²) in [5.74, 6) is 0.180. The molecule has 1 aliphatic heterocycles. The summed E-state index contributed by atoms with van der Waals surface area (Å²) >= 11 is 0. The number of H-pyrrole nitrogens is 1. The lowest BCUT2D eigenvalue weighted by Gasteiger charge is -2.32. The van der Waals surface area contributed by atoms with Crippen LogP contribution in [0.3, 0.4) is 0 Å². The first kappa shape index (κ1) is 22.2. The predicted molar refractivity (Wildman–Crippen MR) is 135 cm³/mol. The molecule has 6 nitrogen and oxygen atoms in total. The first-order chi connectivity index (χ1) is 16.4. The van der Waals surface area contributed by atoms with E-state index in [1.54, 1.807) is 24.3 Å². The van der Waals surface area contributed by atoms with Crippen LogP contribution in [0.25, 0.3) is 10.9 Å². The van der Waals surface area contributed by atoms with Gasteiger partial charge in [0.1, 0.15) is 0 Å². The number of aryl methyl sites for hydroxylation is 1. The summed E-state index contributed by atoms with van der Waals surface area (Å²) in [7, 11) is -3.74. The van der Waals surface area contributed by atoms with Gasteiger partial charge >= 0.3 is 0 Å². The summed E-state index contributed by atoms with van der Waals surface area (Å²) in [6, 6.07) is 23.8. The number of sulfonamides is 1. The summed E-state index contributed by atoms with van der Waals surface area (Å²) in [5.41, 5.74) is 4.14. The maximum absolute atomic E-state index is 13.2.